The van der Waals surface area contributed by atoms with E-state index in [0.717, 1.165) is 29.8 Å². The number of hydrogen-bond donors (Lipinski definition) is 0. The van der Waals surface area contributed by atoms with Crippen LogP contribution in [-0.4, -0.2) is 37.1 Å². The minimum absolute atomic E-state index is 0.623. The average Bonchev–Trinajstić information content (AvgIpc) is 2.66. The van der Waals surface area contributed by atoms with Gasteiger partial charge in [-0.3, -0.25) is 4.98 Å². The van der Waals surface area contributed by atoms with Crippen molar-refractivity contribution in [3.05, 3.63) is 70.9 Å². The minimum atomic E-state index is 0.623. The zero-order chi connectivity index (χ0) is 20.1. The Bertz CT molecular complexity index is 953. The van der Waals surface area contributed by atoms with Crippen LogP contribution in [0.1, 0.15) is 17.5 Å². The fourth-order valence-electron chi connectivity index (χ4n) is 3.29. The number of nitrogens with zero attached hydrogens (tertiary/aromatic N) is 2. The molecule has 3 aromatic rings. The van der Waals surface area contributed by atoms with Gasteiger partial charge in [0.1, 0.15) is 5.75 Å². The van der Waals surface area contributed by atoms with E-state index in [1.165, 1.54) is 16.7 Å². The molecular formula is C24H27ClN2O. The molecule has 0 fully saturated rings. The maximum Gasteiger partial charge on any atom is 0.138 e. The molecule has 146 valence electrons. The molecule has 0 aliphatic rings. The zero-order valence-electron chi connectivity index (χ0n) is 17.0. The van der Waals surface area contributed by atoms with Crippen molar-refractivity contribution in [1.82, 2.24) is 9.88 Å². The maximum atomic E-state index is 6.37. The largest absolute Gasteiger partial charge is 0.492 e. The molecule has 0 saturated carbocycles. The molecule has 0 radical (unpaired) electrons. The van der Waals surface area contributed by atoms with Gasteiger partial charge in [0.15, 0.2) is 0 Å². The highest BCUT2D eigenvalue weighted by Crippen LogP contribution is 2.36. The quantitative estimate of drug-likeness (QED) is 0.458. The third-order valence-electron chi connectivity index (χ3n) is 4.69. The van der Waals surface area contributed by atoms with Gasteiger partial charge in [-0.1, -0.05) is 47.5 Å². The number of ether oxygens (including phenoxy) is 1. The van der Waals surface area contributed by atoms with Crippen LogP contribution >= 0.6 is 11.6 Å². The number of halogens is 1. The fraction of sp³-hybridized carbons (Fsp3) is 0.292. The lowest BCUT2D eigenvalue weighted by Gasteiger charge is -2.14. The molecule has 0 N–H and O–H groups in total. The summed E-state index contributed by atoms with van der Waals surface area (Å²) in [4.78, 5) is 6.82. The van der Waals surface area contributed by atoms with E-state index in [4.69, 9.17) is 16.3 Å². The van der Waals surface area contributed by atoms with Crippen molar-refractivity contribution < 1.29 is 4.74 Å². The highest BCUT2D eigenvalue weighted by molar-refractivity contribution is 6.32. The van der Waals surface area contributed by atoms with Crippen molar-refractivity contribution in [2.24, 2.45) is 0 Å². The molecule has 28 heavy (non-hydrogen) atoms. The van der Waals surface area contributed by atoms with Crippen LogP contribution in [0.2, 0.25) is 5.02 Å². The second-order valence-electron chi connectivity index (χ2n) is 7.37. The molecule has 0 unspecified atom stereocenters. The molecule has 0 saturated heterocycles. The third kappa shape index (κ3) is 4.92. The summed E-state index contributed by atoms with van der Waals surface area (Å²) in [6.07, 6.45) is 2.78. The lowest BCUT2D eigenvalue weighted by Crippen LogP contribution is -2.15. The van der Waals surface area contributed by atoms with Gasteiger partial charge in [-0.05, 0) is 63.7 Å². The Hall–Kier alpha value is -2.36. The van der Waals surface area contributed by atoms with E-state index in [1.807, 2.05) is 30.5 Å². The Morgan fingerprint density at radius 1 is 1.00 bits per heavy atom. The van der Waals surface area contributed by atoms with Crippen LogP contribution in [-0.2, 0) is 0 Å². The minimum Gasteiger partial charge on any atom is -0.492 e. The molecule has 0 amide bonds. The van der Waals surface area contributed by atoms with Gasteiger partial charge in [-0.2, -0.15) is 0 Å². The Labute approximate surface area is 172 Å². The van der Waals surface area contributed by atoms with Crippen molar-refractivity contribution in [3.63, 3.8) is 0 Å². The van der Waals surface area contributed by atoms with Gasteiger partial charge in [0.05, 0.1) is 17.3 Å². The van der Waals surface area contributed by atoms with E-state index in [0.29, 0.717) is 17.4 Å². The van der Waals surface area contributed by atoms with Gasteiger partial charge in [0.25, 0.3) is 0 Å². The molecular weight excluding hydrogens is 368 g/mol. The zero-order valence-corrected chi connectivity index (χ0v) is 17.8. The lowest BCUT2D eigenvalue weighted by molar-refractivity contribution is 0.282. The van der Waals surface area contributed by atoms with E-state index in [9.17, 15) is 0 Å². The smallest absolute Gasteiger partial charge is 0.138 e. The highest BCUT2D eigenvalue weighted by Gasteiger charge is 2.13. The standard InChI is InChI=1S/C24H27ClN2O/c1-17-8-10-20(18(2)15-17)21-7-5-12-26-24(21)19-9-11-22(25)23(16-19)28-14-6-13-27(3)4/h5,7-12,15-16H,6,13-14H2,1-4H3. The topological polar surface area (TPSA) is 25.4 Å². The Morgan fingerprint density at radius 3 is 2.57 bits per heavy atom. The predicted molar refractivity (Wildman–Crippen MR) is 118 cm³/mol. The molecule has 3 rings (SSSR count). The van der Waals surface area contributed by atoms with Crippen LogP contribution in [0.15, 0.2) is 54.7 Å². The maximum absolute atomic E-state index is 6.37. The van der Waals surface area contributed by atoms with Gasteiger partial charge >= 0.3 is 0 Å². The summed E-state index contributed by atoms with van der Waals surface area (Å²) in [5.74, 6) is 0.704. The highest BCUT2D eigenvalue weighted by atomic mass is 35.5. The molecule has 3 nitrogen and oxygen atoms in total. The first kappa shape index (κ1) is 20.4. The number of aromatic nitrogens is 1. The predicted octanol–water partition coefficient (Wildman–Crippen LogP) is 6.02. The van der Waals surface area contributed by atoms with Gasteiger partial charge < -0.3 is 9.64 Å². The Balaban J connectivity index is 1.93. The van der Waals surface area contributed by atoms with Gasteiger partial charge in [0, 0.05) is 23.9 Å². The summed E-state index contributed by atoms with van der Waals surface area (Å²) in [5.41, 5.74) is 6.74. The van der Waals surface area contributed by atoms with Crippen molar-refractivity contribution in [2.75, 3.05) is 27.2 Å². The van der Waals surface area contributed by atoms with Crippen LogP contribution in [0, 0.1) is 13.8 Å². The first-order valence-electron chi connectivity index (χ1n) is 9.56. The normalized spacial score (nSPS) is 11.1. The van der Waals surface area contributed by atoms with Crippen LogP contribution < -0.4 is 4.74 Å². The molecule has 0 spiro atoms. The summed E-state index contributed by atoms with van der Waals surface area (Å²) in [6, 6.07) is 16.5. The molecule has 4 heteroatoms. The van der Waals surface area contributed by atoms with Crippen LogP contribution in [0.3, 0.4) is 0 Å². The fourth-order valence-corrected chi connectivity index (χ4v) is 3.46. The van der Waals surface area contributed by atoms with Crippen molar-refractivity contribution in [1.29, 1.82) is 0 Å². The van der Waals surface area contributed by atoms with Crippen LogP contribution in [0.4, 0.5) is 0 Å². The molecule has 0 aliphatic heterocycles. The van der Waals surface area contributed by atoms with Gasteiger partial charge in [0.2, 0.25) is 0 Å². The lowest BCUT2D eigenvalue weighted by atomic mass is 9.95. The Kier molecular flexibility index (Phi) is 6.71. The van der Waals surface area contributed by atoms with Crippen LogP contribution in [0.5, 0.6) is 5.75 Å². The summed E-state index contributed by atoms with van der Waals surface area (Å²) in [6.45, 7) is 5.86. The number of rotatable bonds is 7. The number of pyridine rings is 1. The van der Waals surface area contributed by atoms with Crippen molar-refractivity contribution in [3.8, 4) is 28.1 Å². The van der Waals surface area contributed by atoms with Crippen molar-refractivity contribution in [2.45, 2.75) is 20.3 Å². The van der Waals surface area contributed by atoms with E-state index in [2.05, 4.69) is 62.1 Å². The average molecular weight is 395 g/mol. The molecule has 0 aliphatic carbocycles. The molecule has 2 aromatic carbocycles. The molecule has 1 heterocycles. The van der Waals surface area contributed by atoms with Gasteiger partial charge in [-0.15, -0.1) is 0 Å². The summed E-state index contributed by atoms with van der Waals surface area (Å²) >= 11 is 6.37. The second-order valence-corrected chi connectivity index (χ2v) is 7.78. The second kappa shape index (κ2) is 9.22. The monoisotopic (exact) mass is 394 g/mol. The molecule has 0 bridgehead atoms. The third-order valence-corrected chi connectivity index (χ3v) is 5.00. The Morgan fingerprint density at radius 2 is 1.82 bits per heavy atom. The number of benzene rings is 2. The van der Waals surface area contributed by atoms with E-state index < -0.39 is 0 Å². The molecule has 0 atom stereocenters. The van der Waals surface area contributed by atoms with E-state index >= 15 is 0 Å². The summed E-state index contributed by atoms with van der Waals surface area (Å²) in [5, 5.41) is 0.623. The van der Waals surface area contributed by atoms with Crippen LogP contribution in [0.25, 0.3) is 22.4 Å². The first-order valence-corrected chi connectivity index (χ1v) is 9.93. The van der Waals surface area contributed by atoms with Gasteiger partial charge in [-0.25, -0.2) is 0 Å². The number of aryl methyl sites for hydroxylation is 2. The summed E-state index contributed by atoms with van der Waals surface area (Å²) in [7, 11) is 4.12. The van der Waals surface area contributed by atoms with E-state index in [1.54, 1.807) is 0 Å². The number of hydrogen-bond acceptors (Lipinski definition) is 3. The van der Waals surface area contributed by atoms with E-state index in [-0.39, 0.29) is 0 Å². The summed E-state index contributed by atoms with van der Waals surface area (Å²) < 4.78 is 5.95. The molecule has 1 aromatic heterocycles. The van der Waals surface area contributed by atoms with Crippen molar-refractivity contribution >= 4 is 11.6 Å². The SMILES string of the molecule is Cc1ccc(-c2cccnc2-c2ccc(Cl)c(OCCCN(C)C)c2)c(C)c1. The first-order chi connectivity index (χ1) is 13.5.